The molecule has 1 aliphatic heterocycles. The van der Waals surface area contributed by atoms with Crippen LogP contribution < -0.4 is 5.32 Å². The smallest absolute Gasteiger partial charge is 0.242 e. The molecule has 0 saturated carbocycles. The van der Waals surface area contributed by atoms with Gasteiger partial charge in [0.25, 0.3) is 0 Å². The van der Waals surface area contributed by atoms with E-state index in [9.17, 15) is 4.79 Å². The average Bonchev–Trinajstić information content (AvgIpc) is 2.28. The Hall–Kier alpha value is -0.570. The molecule has 1 N–H and O–H groups in total. The minimum absolute atomic E-state index is 0.297. The van der Waals surface area contributed by atoms with Gasteiger partial charge in [-0.25, -0.2) is 0 Å². The molecule has 0 aromatic rings. The fraction of sp³-hybridized carbons (Fsp3) is 0.929. The summed E-state index contributed by atoms with van der Waals surface area (Å²) in [5.41, 5.74) is -0.297. The second-order valence-corrected chi connectivity index (χ2v) is 5.07. The monoisotopic (exact) mass is 240 g/mol. The van der Waals surface area contributed by atoms with Crippen LogP contribution in [0.5, 0.6) is 0 Å². The SMILES string of the molecule is CCCCCNC(CC)(CC)C(=O)N1CCC1. The quantitative estimate of drug-likeness (QED) is 0.661. The summed E-state index contributed by atoms with van der Waals surface area (Å²) in [5, 5.41) is 3.53. The second kappa shape index (κ2) is 7.00. The van der Waals surface area contributed by atoms with E-state index in [0.717, 1.165) is 32.5 Å². The van der Waals surface area contributed by atoms with E-state index in [1.54, 1.807) is 0 Å². The van der Waals surface area contributed by atoms with Crippen molar-refractivity contribution >= 4 is 5.91 Å². The molecule has 0 radical (unpaired) electrons. The Morgan fingerprint density at radius 3 is 2.24 bits per heavy atom. The van der Waals surface area contributed by atoms with Gasteiger partial charge in [-0.2, -0.15) is 0 Å². The van der Waals surface area contributed by atoms with Gasteiger partial charge in [-0.05, 0) is 32.2 Å². The Kier molecular flexibility index (Phi) is 5.96. The third-order valence-electron chi connectivity index (χ3n) is 4.00. The summed E-state index contributed by atoms with van der Waals surface area (Å²) in [4.78, 5) is 14.4. The van der Waals surface area contributed by atoms with Gasteiger partial charge in [0.15, 0.2) is 0 Å². The van der Waals surface area contributed by atoms with Crippen LogP contribution in [0, 0.1) is 0 Å². The van der Waals surface area contributed by atoms with Crippen molar-refractivity contribution in [2.75, 3.05) is 19.6 Å². The zero-order chi connectivity index (χ0) is 12.7. The molecule has 17 heavy (non-hydrogen) atoms. The number of unbranched alkanes of at least 4 members (excludes halogenated alkanes) is 2. The van der Waals surface area contributed by atoms with Crippen LogP contribution in [0.15, 0.2) is 0 Å². The van der Waals surface area contributed by atoms with Crippen molar-refractivity contribution in [1.29, 1.82) is 0 Å². The molecule has 1 aliphatic rings. The Balaban J connectivity index is 2.50. The van der Waals surface area contributed by atoms with Gasteiger partial charge in [0.2, 0.25) is 5.91 Å². The summed E-state index contributed by atoms with van der Waals surface area (Å²) in [6.07, 6.45) is 6.61. The van der Waals surface area contributed by atoms with Crippen LogP contribution in [0.4, 0.5) is 0 Å². The average molecular weight is 240 g/mol. The number of nitrogens with one attached hydrogen (secondary N) is 1. The van der Waals surface area contributed by atoms with Crippen molar-refractivity contribution in [1.82, 2.24) is 10.2 Å². The van der Waals surface area contributed by atoms with Gasteiger partial charge in [0.1, 0.15) is 0 Å². The third kappa shape index (κ3) is 3.44. The lowest BCUT2D eigenvalue weighted by atomic mass is 9.89. The molecule has 0 spiro atoms. The summed E-state index contributed by atoms with van der Waals surface area (Å²) >= 11 is 0. The molecular formula is C14H28N2O. The number of amides is 1. The van der Waals surface area contributed by atoms with Gasteiger partial charge in [-0.15, -0.1) is 0 Å². The molecule has 1 fully saturated rings. The predicted molar refractivity (Wildman–Crippen MR) is 72.0 cm³/mol. The maximum Gasteiger partial charge on any atom is 0.242 e. The summed E-state index contributed by atoms with van der Waals surface area (Å²) in [6, 6.07) is 0. The Morgan fingerprint density at radius 2 is 1.82 bits per heavy atom. The molecule has 0 aliphatic carbocycles. The van der Waals surface area contributed by atoms with Crippen LogP contribution in [0.1, 0.15) is 59.3 Å². The van der Waals surface area contributed by atoms with Gasteiger partial charge >= 0.3 is 0 Å². The summed E-state index contributed by atoms with van der Waals surface area (Å²) < 4.78 is 0. The summed E-state index contributed by atoms with van der Waals surface area (Å²) in [6.45, 7) is 9.32. The highest BCUT2D eigenvalue weighted by Crippen LogP contribution is 2.22. The van der Waals surface area contributed by atoms with Crippen molar-refractivity contribution in [3.63, 3.8) is 0 Å². The molecule has 0 bridgehead atoms. The zero-order valence-electron chi connectivity index (χ0n) is 11.7. The lowest BCUT2D eigenvalue weighted by Gasteiger charge is -2.41. The molecule has 100 valence electrons. The second-order valence-electron chi connectivity index (χ2n) is 5.07. The molecule has 1 saturated heterocycles. The Labute approximate surface area is 106 Å². The van der Waals surface area contributed by atoms with Gasteiger partial charge in [-0.3, -0.25) is 4.79 Å². The maximum atomic E-state index is 12.4. The van der Waals surface area contributed by atoms with Gasteiger partial charge in [0, 0.05) is 13.1 Å². The number of likely N-dealkylation sites (tertiary alicyclic amines) is 1. The molecule has 0 aromatic carbocycles. The molecule has 3 nitrogen and oxygen atoms in total. The first-order valence-electron chi connectivity index (χ1n) is 7.24. The first-order chi connectivity index (χ1) is 8.20. The van der Waals surface area contributed by atoms with E-state index in [0.29, 0.717) is 5.91 Å². The minimum Gasteiger partial charge on any atom is -0.341 e. The number of carbonyl (C=O) groups excluding carboxylic acids is 1. The van der Waals surface area contributed by atoms with E-state index in [2.05, 4.69) is 26.1 Å². The predicted octanol–water partition coefficient (Wildman–Crippen LogP) is 2.56. The third-order valence-corrected chi connectivity index (χ3v) is 4.00. The van der Waals surface area contributed by atoms with E-state index >= 15 is 0 Å². The molecule has 1 amide bonds. The van der Waals surface area contributed by atoms with E-state index in [4.69, 9.17) is 0 Å². The van der Waals surface area contributed by atoms with Crippen molar-refractivity contribution in [3.8, 4) is 0 Å². The molecule has 0 aromatic heterocycles. The lowest BCUT2D eigenvalue weighted by Crippen LogP contribution is -2.60. The highest BCUT2D eigenvalue weighted by atomic mass is 16.2. The number of hydrogen-bond acceptors (Lipinski definition) is 2. The molecule has 1 heterocycles. The van der Waals surface area contributed by atoms with Crippen LogP contribution in [0.3, 0.4) is 0 Å². The van der Waals surface area contributed by atoms with Crippen LogP contribution in [0.2, 0.25) is 0 Å². The minimum atomic E-state index is -0.297. The summed E-state index contributed by atoms with van der Waals surface area (Å²) in [7, 11) is 0. The number of rotatable bonds is 8. The Morgan fingerprint density at radius 1 is 1.18 bits per heavy atom. The van der Waals surface area contributed by atoms with Crippen molar-refractivity contribution in [2.45, 2.75) is 64.8 Å². The van der Waals surface area contributed by atoms with E-state index in [-0.39, 0.29) is 5.54 Å². The van der Waals surface area contributed by atoms with Crippen LogP contribution >= 0.6 is 0 Å². The van der Waals surface area contributed by atoms with Crippen LogP contribution in [0.25, 0.3) is 0 Å². The molecule has 0 unspecified atom stereocenters. The van der Waals surface area contributed by atoms with E-state index < -0.39 is 0 Å². The number of hydrogen-bond donors (Lipinski definition) is 1. The van der Waals surface area contributed by atoms with Crippen molar-refractivity contribution in [3.05, 3.63) is 0 Å². The first kappa shape index (κ1) is 14.5. The van der Waals surface area contributed by atoms with Gasteiger partial charge < -0.3 is 10.2 Å². The van der Waals surface area contributed by atoms with Crippen molar-refractivity contribution < 1.29 is 4.79 Å². The standard InChI is InChI=1S/C14H28N2O/c1-4-7-8-10-15-14(5-2,6-3)13(17)16-11-9-12-16/h15H,4-12H2,1-3H3. The molecule has 0 atom stereocenters. The largest absolute Gasteiger partial charge is 0.341 e. The van der Waals surface area contributed by atoms with Crippen LogP contribution in [-0.4, -0.2) is 36.0 Å². The topological polar surface area (TPSA) is 32.3 Å². The Bertz CT molecular complexity index is 232. The van der Waals surface area contributed by atoms with Crippen LogP contribution in [-0.2, 0) is 4.79 Å². The zero-order valence-corrected chi connectivity index (χ0v) is 11.7. The fourth-order valence-corrected chi connectivity index (χ4v) is 2.40. The lowest BCUT2D eigenvalue weighted by molar-refractivity contribution is -0.142. The molecule has 1 rings (SSSR count). The summed E-state index contributed by atoms with van der Waals surface area (Å²) in [5.74, 6) is 0.324. The van der Waals surface area contributed by atoms with Gasteiger partial charge in [0.05, 0.1) is 5.54 Å². The highest BCUT2D eigenvalue weighted by molar-refractivity contribution is 5.86. The number of nitrogens with zero attached hydrogens (tertiary/aromatic N) is 1. The van der Waals surface area contributed by atoms with Gasteiger partial charge in [-0.1, -0.05) is 33.6 Å². The number of carbonyl (C=O) groups is 1. The molecular weight excluding hydrogens is 212 g/mol. The molecule has 3 heteroatoms. The maximum absolute atomic E-state index is 12.4. The first-order valence-corrected chi connectivity index (χ1v) is 7.24. The normalized spacial score (nSPS) is 15.8. The van der Waals surface area contributed by atoms with Crippen molar-refractivity contribution in [2.24, 2.45) is 0 Å². The van der Waals surface area contributed by atoms with E-state index in [1.165, 1.54) is 25.7 Å². The fourth-order valence-electron chi connectivity index (χ4n) is 2.40. The highest BCUT2D eigenvalue weighted by Gasteiger charge is 2.39. The van der Waals surface area contributed by atoms with E-state index in [1.807, 2.05) is 4.90 Å².